The first-order valence-corrected chi connectivity index (χ1v) is 5.43. The Bertz CT molecular complexity index is 358. The van der Waals surface area contributed by atoms with E-state index in [0.29, 0.717) is 11.8 Å². The predicted molar refractivity (Wildman–Crippen MR) is 59.5 cm³/mol. The summed E-state index contributed by atoms with van der Waals surface area (Å²) in [6.45, 7) is 7.24. The Morgan fingerprint density at radius 2 is 2.14 bits per heavy atom. The van der Waals surface area contributed by atoms with Crippen LogP contribution in [-0.2, 0) is 0 Å². The average molecular weight is 211 g/mol. The average Bonchev–Trinajstić information content (AvgIpc) is 2.46. The molecule has 14 heavy (non-hydrogen) atoms. The number of benzene rings is 1. The highest BCUT2D eigenvalue weighted by Gasteiger charge is 2.22. The fourth-order valence-corrected chi connectivity index (χ4v) is 2.23. The van der Waals surface area contributed by atoms with Crippen molar-refractivity contribution in [3.63, 3.8) is 0 Å². The maximum Gasteiger partial charge on any atom is 0.123 e. The molecule has 76 valence electrons. The van der Waals surface area contributed by atoms with E-state index in [9.17, 15) is 0 Å². The van der Waals surface area contributed by atoms with Gasteiger partial charge >= 0.3 is 0 Å². The van der Waals surface area contributed by atoms with Gasteiger partial charge in [-0.2, -0.15) is 0 Å². The molecule has 0 N–H and O–H groups in total. The summed E-state index contributed by atoms with van der Waals surface area (Å²) in [5.41, 5.74) is 2.43. The fraction of sp³-hybridized carbons (Fsp3) is 0.500. The molecule has 1 atom stereocenters. The minimum atomic E-state index is 0.451. The SMILES string of the molecule is CC(C)c1cc2c(cc1Cl)[C@H](C)CO2. The van der Waals surface area contributed by atoms with Gasteiger partial charge in [0, 0.05) is 16.5 Å². The molecule has 0 aliphatic carbocycles. The zero-order valence-electron chi connectivity index (χ0n) is 8.80. The first kappa shape index (κ1) is 9.85. The number of halogens is 1. The van der Waals surface area contributed by atoms with Crippen molar-refractivity contribution in [1.29, 1.82) is 0 Å². The Labute approximate surface area is 90.0 Å². The van der Waals surface area contributed by atoms with Gasteiger partial charge in [0.2, 0.25) is 0 Å². The van der Waals surface area contributed by atoms with E-state index in [4.69, 9.17) is 16.3 Å². The van der Waals surface area contributed by atoms with Gasteiger partial charge in [-0.05, 0) is 23.6 Å². The van der Waals surface area contributed by atoms with E-state index in [1.165, 1.54) is 11.1 Å². The van der Waals surface area contributed by atoms with Gasteiger partial charge in [0.1, 0.15) is 5.75 Å². The van der Waals surface area contributed by atoms with Gasteiger partial charge in [-0.25, -0.2) is 0 Å². The highest BCUT2D eigenvalue weighted by Crippen LogP contribution is 2.39. The van der Waals surface area contributed by atoms with Crippen LogP contribution in [0.3, 0.4) is 0 Å². The van der Waals surface area contributed by atoms with Crippen molar-refractivity contribution in [2.24, 2.45) is 0 Å². The van der Waals surface area contributed by atoms with Gasteiger partial charge in [0.25, 0.3) is 0 Å². The quantitative estimate of drug-likeness (QED) is 0.682. The normalized spacial score (nSPS) is 19.6. The second-order valence-electron chi connectivity index (χ2n) is 4.28. The molecule has 1 heterocycles. The zero-order chi connectivity index (χ0) is 10.3. The Balaban J connectivity index is 2.50. The summed E-state index contributed by atoms with van der Waals surface area (Å²) in [6.07, 6.45) is 0. The standard InChI is InChI=1S/C12H15ClO/c1-7(2)9-5-12-10(4-11(9)13)8(3)6-14-12/h4-5,7-8H,6H2,1-3H3/t8-/m1/s1. The van der Waals surface area contributed by atoms with Crippen molar-refractivity contribution in [2.45, 2.75) is 32.6 Å². The van der Waals surface area contributed by atoms with Crippen molar-refractivity contribution < 1.29 is 4.74 Å². The van der Waals surface area contributed by atoms with E-state index in [0.717, 1.165) is 17.4 Å². The maximum absolute atomic E-state index is 6.21. The van der Waals surface area contributed by atoms with E-state index >= 15 is 0 Å². The largest absolute Gasteiger partial charge is 0.493 e. The monoisotopic (exact) mass is 210 g/mol. The molecule has 1 aliphatic rings. The van der Waals surface area contributed by atoms with Crippen LogP contribution in [0.2, 0.25) is 5.02 Å². The smallest absolute Gasteiger partial charge is 0.123 e. The van der Waals surface area contributed by atoms with Gasteiger partial charge in [-0.3, -0.25) is 0 Å². The molecule has 0 unspecified atom stereocenters. The van der Waals surface area contributed by atoms with E-state index < -0.39 is 0 Å². The molecule has 2 rings (SSSR count). The van der Waals surface area contributed by atoms with Gasteiger partial charge in [0.05, 0.1) is 6.61 Å². The molecule has 1 aromatic rings. The number of rotatable bonds is 1. The van der Waals surface area contributed by atoms with Crippen molar-refractivity contribution in [2.75, 3.05) is 6.61 Å². The molecular formula is C12H15ClO. The summed E-state index contributed by atoms with van der Waals surface area (Å²) in [4.78, 5) is 0. The summed E-state index contributed by atoms with van der Waals surface area (Å²) < 4.78 is 5.60. The lowest BCUT2D eigenvalue weighted by atomic mass is 9.97. The predicted octanol–water partition coefficient (Wildman–Crippen LogP) is 3.96. The van der Waals surface area contributed by atoms with Crippen molar-refractivity contribution in [3.05, 3.63) is 28.3 Å². The lowest BCUT2D eigenvalue weighted by Crippen LogP contribution is -1.93. The fourth-order valence-electron chi connectivity index (χ4n) is 1.84. The Hall–Kier alpha value is -0.690. The first-order valence-electron chi connectivity index (χ1n) is 5.05. The van der Waals surface area contributed by atoms with Crippen LogP contribution < -0.4 is 4.74 Å². The maximum atomic E-state index is 6.21. The first-order chi connectivity index (χ1) is 6.59. The third-order valence-corrected chi connectivity index (χ3v) is 3.10. The molecule has 0 saturated carbocycles. The van der Waals surface area contributed by atoms with E-state index in [2.05, 4.69) is 32.9 Å². The van der Waals surface area contributed by atoms with Crippen LogP contribution in [0.1, 0.15) is 43.7 Å². The molecule has 1 aliphatic heterocycles. The number of fused-ring (bicyclic) bond motifs is 1. The Morgan fingerprint density at radius 3 is 2.79 bits per heavy atom. The molecule has 1 aromatic carbocycles. The third kappa shape index (κ3) is 1.50. The van der Waals surface area contributed by atoms with E-state index in [1.54, 1.807) is 0 Å². The van der Waals surface area contributed by atoms with E-state index in [1.807, 2.05) is 0 Å². The molecule has 0 amide bonds. The second-order valence-corrected chi connectivity index (χ2v) is 4.69. The van der Waals surface area contributed by atoms with Crippen LogP contribution in [0, 0.1) is 0 Å². The van der Waals surface area contributed by atoms with Gasteiger partial charge in [-0.15, -0.1) is 0 Å². The van der Waals surface area contributed by atoms with Crippen molar-refractivity contribution in [1.82, 2.24) is 0 Å². The molecule has 1 nitrogen and oxygen atoms in total. The zero-order valence-corrected chi connectivity index (χ0v) is 9.56. The minimum absolute atomic E-state index is 0.451. The molecule has 0 fully saturated rings. The summed E-state index contributed by atoms with van der Waals surface area (Å²) in [5, 5.41) is 0.871. The second kappa shape index (κ2) is 3.47. The van der Waals surface area contributed by atoms with Crippen molar-refractivity contribution >= 4 is 11.6 Å². The highest BCUT2D eigenvalue weighted by atomic mass is 35.5. The lowest BCUT2D eigenvalue weighted by Gasteiger charge is -2.10. The minimum Gasteiger partial charge on any atom is -0.493 e. The summed E-state index contributed by atoms with van der Waals surface area (Å²) in [5.74, 6) is 1.95. The highest BCUT2D eigenvalue weighted by molar-refractivity contribution is 6.31. The van der Waals surface area contributed by atoms with Gasteiger partial charge < -0.3 is 4.74 Å². The van der Waals surface area contributed by atoms with Gasteiger partial charge in [0.15, 0.2) is 0 Å². The van der Waals surface area contributed by atoms with Crippen molar-refractivity contribution in [3.8, 4) is 5.75 Å². The molecule has 0 aromatic heterocycles. The topological polar surface area (TPSA) is 9.23 Å². The molecule has 2 heteroatoms. The number of hydrogen-bond acceptors (Lipinski definition) is 1. The van der Waals surface area contributed by atoms with Crippen LogP contribution in [-0.4, -0.2) is 6.61 Å². The molecule has 0 saturated heterocycles. The number of ether oxygens (including phenoxy) is 1. The van der Waals surface area contributed by atoms with Crippen LogP contribution >= 0.6 is 11.6 Å². The molecule has 0 radical (unpaired) electrons. The lowest BCUT2D eigenvalue weighted by molar-refractivity contribution is 0.337. The van der Waals surface area contributed by atoms with Crippen LogP contribution in [0.4, 0.5) is 0 Å². The molecule has 0 spiro atoms. The molecular weight excluding hydrogens is 196 g/mol. The summed E-state index contributed by atoms with van der Waals surface area (Å²) in [6, 6.07) is 4.15. The van der Waals surface area contributed by atoms with E-state index in [-0.39, 0.29) is 0 Å². The third-order valence-electron chi connectivity index (χ3n) is 2.77. The summed E-state index contributed by atoms with van der Waals surface area (Å²) >= 11 is 6.21. The number of hydrogen-bond donors (Lipinski definition) is 0. The molecule has 0 bridgehead atoms. The Morgan fingerprint density at radius 1 is 1.43 bits per heavy atom. The van der Waals surface area contributed by atoms with Crippen LogP contribution in [0.25, 0.3) is 0 Å². The van der Waals surface area contributed by atoms with Gasteiger partial charge in [-0.1, -0.05) is 32.4 Å². The summed E-state index contributed by atoms with van der Waals surface area (Å²) in [7, 11) is 0. The van der Waals surface area contributed by atoms with Crippen LogP contribution in [0.5, 0.6) is 5.75 Å². The van der Waals surface area contributed by atoms with Crippen LogP contribution in [0.15, 0.2) is 12.1 Å². The Kier molecular flexibility index (Phi) is 2.44.